The zero-order valence-corrected chi connectivity index (χ0v) is 10.6. The molecule has 2 rings (SSSR count). The quantitative estimate of drug-likeness (QED) is 0.837. The largest absolute Gasteiger partial charge is 0.369 e. The van der Waals surface area contributed by atoms with Crippen LogP contribution >= 0.6 is 0 Å². The molecule has 0 saturated carbocycles. The van der Waals surface area contributed by atoms with Crippen LogP contribution in [0.4, 0.5) is 0 Å². The molecule has 0 aromatic carbocycles. The lowest BCUT2D eigenvalue weighted by molar-refractivity contribution is 0.0519. The average molecular weight is 240 g/mol. The van der Waals surface area contributed by atoms with Crippen LogP contribution < -0.4 is 5.32 Å². The normalized spacial score (nSPS) is 23.8. The third kappa shape index (κ3) is 2.83. The van der Waals surface area contributed by atoms with Crippen molar-refractivity contribution in [3.05, 3.63) is 11.7 Å². The summed E-state index contributed by atoms with van der Waals surface area (Å²) in [4.78, 5) is 6.65. The number of nitrogens with zero attached hydrogens (tertiary/aromatic N) is 3. The summed E-state index contributed by atoms with van der Waals surface area (Å²) in [5.74, 6) is 1.29. The van der Waals surface area contributed by atoms with Crippen LogP contribution in [-0.2, 0) is 4.74 Å². The average Bonchev–Trinajstić information content (AvgIpc) is 2.79. The molecule has 1 aliphatic rings. The Morgan fingerprint density at radius 2 is 2.47 bits per heavy atom. The van der Waals surface area contributed by atoms with E-state index in [4.69, 9.17) is 9.26 Å². The summed E-state index contributed by atoms with van der Waals surface area (Å²) in [6, 6.07) is 0.190. The van der Waals surface area contributed by atoms with Gasteiger partial charge in [0, 0.05) is 26.2 Å². The highest BCUT2D eigenvalue weighted by Gasteiger charge is 2.26. The first-order valence-electron chi connectivity index (χ1n) is 6.08. The van der Waals surface area contributed by atoms with Crippen LogP contribution in [0.5, 0.6) is 0 Å². The highest BCUT2D eigenvalue weighted by atomic mass is 16.5. The molecule has 1 fully saturated rings. The molecule has 0 amide bonds. The lowest BCUT2D eigenvalue weighted by Gasteiger charge is -2.30. The Hall–Kier alpha value is -0.980. The van der Waals surface area contributed by atoms with Crippen molar-refractivity contribution in [1.82, 2.24) is 20.4 Å². The maximum Gasteiger partial charge on any atom is 0.255 e. The third-order valence-corrected chi connectivity index (χ3v) is 3.03. The number of aromatic nitrogens is 2. The van der Waals surface area contributed by atoms with Crippen molar-refractivity contribution in [2.75, 3.05) is 33.3 Å². The molecule has 0 radical (unpaired) electrons. The van der Waals surface area contributed by atoms with E-state index in [0.29, 0.717) is 12.5 Å². The smallest absolute Gasteiger partial charge is 0.255 e. The van der Waals surface area contributed by atoms with Crippen LogP contribution in [0.25, 0.3) is 0 Å². The van der Waals surface area contributed by atoms with Crippen molar-refractivity contribution >= 4 is 0 Å². The fourth-order valence-electron chi connectivity index (χ4n) is 1.96. The van der Waals surface area contributed by atoms with Gasteiger partial charge in [0.1, 0.15) is 6.10 Å². The Labute approximate surface area is 101 Å². The molecule has 96 valence electrons. The highest BCUT2D eigenvalue weighted by Crippen LogP contribution is 2.20. The van der Waals surface area contributed by atoms with Gasteiger partial charge < -0.3 is 14.6 Å². The molecule has 2 unspecified atom stereocenters. The molecule has 2 atom stereocenters. The number of likely N-dealkylation sites (N-methyl/N-ethyl adjacent to an activating group) is 1. The highest BCUT2D eigenvalue weighted by molar-refractivity contribution is 4.98. The van der Waals surface area contributed by atoms with Crippen LogP contribution in [-0.4, -0.2) is 48.3 Å². The van der Waals surface area contributed by atoms with E-state index in [2.05, 4.69) is 27.4 Å². The maximum absolute atomic E-state index is 5.43. The molecule has 0 bridgehead atoms. The van der Waals surface area contributed by atoms with E-state index in [-0.39, 0.29) is 12.1 Å². The minimum Gasteiger partial charge on any atom is -0.369 e. The summed E-state index contributed by atoms with van der Waals surface area (Å²) in [6.45, 7) is 7.38. The molecule has 1 aromatic rings. The SMILES string of the molecule is CCOC(C)c1nc(C2CNCCN2C)no1. The van der Waals surface area contributed by atoms with Crippen LogP contribution in [0, 0.1) is 0 Å². The molecule has 6 nitrogen and oxygen atoms in total. The molecule has 1 aliphatic heterocycles. The summed E-state index contributed by atoms with van der Waals surface area (Å²) in [5.41, 5.74) is 0. The van der Waals surface area contributed by atoms with Gasteiger partial charge >= 0.3 is 0 Å². The Bertz CT molecular complexity index is 355. The van der Waals surface area contributed by atoms with E-state index in [9.17, 15) is 0 Å². The minimum absolute atomic E-state index is 0.136. The van der Waals surface area contributed by atoms with Crippen molar-refractivity contribution in [2.24, 2.45) is 0 Å². The predicted molar refractivity (Wildman–Crippen MR) is 62.6 cm³/mol. The predicted octanol–water partition coefficient (Wildman–Crippen LogP) is 0.743. The number of hydrogen-bond acceptors (Lipinski definition) is 6. The molecule has 0 aliphatic carbocycles. The van der Waals surface area contributed by atoms with E-state index in [0.717, 1.165) is 25.5 Å². The Balaban J connectivity index is 2.06. The van der Waals surface area contributed by atoms with Crippen LogP contribution in [0.15, 0.2) is 4.52 Å². The van der Waals surface area contributed by atoms with E-state index < -0.39 is 0 Å². The summed E-state index contributed by atoms with van der Waals surface area (Å²) >= 11 is 0. The number of rotatable bonds is 4. The standard InChI is InChI=1S/C11H20N4O2/c1-4-16-8(2)11-13-10(14-17-11)9-7-12-5-6-15(9)3/h8-9,12H,4-7H2,1-3H3. The monoisotopic (exact) mass is 240 g/mol. The van der Waals surface area contributed by atoms with E-state index in [1.807, 2.05) is 13.8 Å². The molecular formula is C11H20N4O2. The molecule has 2 heterocycles. The van der Waals surface area contributed by atoms with E-state index in [1.165, 1.54) is 0 Å². The van der Waals surface area contributed by atoms with Gasteiger partial charge in [0.25, 0.3) is 5.89 Å². The van der Waals surface area contributed by atoms with Crippen molar-refractivity contribution in [3.63, 3.8) is 0 Å². The Kier molecular flexibility index (Phi) is 4.09. The lowest BCUT2D eigenvalue weighted by atomic mass is 10.2. The first-order chi connectivity index (χ1) is 8.22. The van der Waals surface area contributed by atoms with Crippen molar-refractivity contribution < 1.29 is 9.26 Å². The molecule has 1 N–H and O–H groups in total. The van der Waals surface area contributed by atoms with Gasteiger partial charge in [-0.25, -0.2) is 0 Å². The van der Waals surface area contributed by atoms with Crippen LogP contribution in [0.2, 0.25) is 0 Å². The Morgan fingerprint density at radius 3 is 3.18 bits per heavy atom. The van der Waals surface area contributed by atoms with Gasteiger partial charge in [-0.05, 0) is 20.9 Å². The Morgan fingerprint density at radius 1 is 1.65 bits per heavy atom. The third-order valence-electron chi connectivity index (χ3n) is 3.03. The number of nitrogens with one attached hydrogen (secondary N) is 1. The summed E-state index contributed by atoms with van der Waals surface area (Å²) in [6.07, 6.45) is -0.136. The molecular weight excluding hydrogens is 220 g/mol. The van der Waals surface area contributed by atoms with Crippen molar-refractivity contribution in [3.8, 4) is 0 Å². The topological polar surface area (TPSA) is 63.4 Å². The first-order valence-corrected chi connectivity index (χ1v) is 6.08. The van der Waals surface area contributed by atoms with Gasteiger partial charge in [-0.15, -0.1) is 0 Å². The minimum atomic E-state index is -0.136. The zero-order chi connectivity index (χ0) is 12.3. The summed E-state index contributed by atoms with van der Waals surface area (Å²) < 4.78 is 10.7. The number of ether oxygens (including phenoxy) is 1. The van der Waals surface area contributed by atoms with Crippen LogP contribution in [0.1, 0.15) is 37.7 Å². The van der Waals surface area contributed by atoms with E-state index in [1.54, 1.807) is 0 Å². The first kappa shape index (κ1) is 12.5. The van der Waals surface area contributed by atoms with Gasteiger partial charge in [-0.3, -0.25) is 4.90 Å². The maximum atomic E-state index is 5.43. The van der Waals surface area contributed by atoms with Gasteiger partial charge in [-0.2, -0.15) is 4.98 Å². The summed E-state index contributed by atoms with van der Waals surface area (Å²) in [7, 11) is 2.08. The van der Waals surface area contributed by atoms with Crippen molar-refractivity contribution in [1.29, 1.82) is 0 Å². The molecule has 1 aromatic heterocycles. The molecule has 1 saturated heterocycles. The zero-order valence-electron chi connectivity index (χ0n) is 10.6. The van der Waals surface area contributed by atoms with Gasteiger partial charge in [0.15, 0.2) is 5.82 Å². The van der Waals surface area contributed by atoms with E-state index >= 15 is 0 Å². The second kappa shape index (κ2) is 5.57. The second-order valence-electron chi connectivity index (χ2n) is 4.29. The fraction of sp³-hybridized carbons (Fsp3) is 0.818. The molecule has 0 spiro atoms. The van der Waals surface area contributed by atoms with Crippen LogP contribution in [0.3, 0.4) is 0 Å². The van der Waals surface area contributed by atoms with Gasteiger partial charge in [0.05, 0.1) is 6.04 Å². The molecule has 6 heteroatoms. The number of hydrogen-bond donors (Lipinski definition) is 1. The van der Waals surface area contributed by atoms with Gasteiger partial charge in [0.2, 0.25) is 0 Å². The lowest BCUT2D eigenvalue weighted by Crippen LogP contribution is -2.44. The fourth-order valence-corrected chi connectivity index (χ4v) is 1.96. The summed E-state index contributed by atoms with van der Waals surface area (Å²) in [5, 5.41) is 7.38. The van der Waals surface area contributed by atoms with Gasteiger partial charge in [-0.1, -0.05) is 5.16 Å². The second-order valence-corrected chi connectivity index (χ2v) is 4.29. The molecule has 17 heavy (non-hydrogen) atoms. The number of piperazine rings is 1. The van der Waals surface area contributed by atoms with Crippen molar-refractivity contribution in [2.45, 2.75) is 26.0 Å².